The first-order chi connectivity index (χ1) is 20.6. The first-order valence-corrected chi connectivity index (χ1v) is 14.6. The standard InChI is InChI=1S/C35H35N5O2/c1-2-30(26-13-5-3-6-14-26)37-34(41)33-28-17-9-10-18-29(28)35(42)40(27-15-7-4-8-16-27)31(33)25-38-21-23-39(24-22-38)32-19-11-12-20-36-32/h3-20,30H,2,21-25H2,1H3,(H,37,41)/t30-/m0/s1. The fourth-order valence-electron chi connectivity index (χ4n) is 5.88. The van der Waals surface area contributed by atoms with Crippen LogP contribution in [0.2, 0.25) is 0 Å². The van der Waals surface area contributed by atoms with Crippen molar-refractivity contribution in [2.75, 3.05) is 31.1 Å². The minimum Gasteiger partial charge on any atom is -0.354 e. The number of amides is 1. The van der Waals surface area contributed by atoms with Crippen LogP contribution in [0.5, 0.6) is 0 Å². The lowest BCUT2D eigenvalue weighted by molar-refractivity contribution is 0.0934. The molecule has 2 aromatic heterocycles. The molecule has 0 saturated carbocycles. The molecule has 1 atom stereocenters. The number of para-hydroxylation sites is 1. The predicted octanol–water partition coefficient (Wildman–Crippen LogP) is 5.59. The summed E-state index contributed by atoms with van der Waals surface area (Å²) in [7, 11) is 0. The zero-order chi connectivity index (χ0) is 28.9. The fraction of sp³-hybridized carbons (Fsp3) is 0.229. The molecule has 7 nitrogen and oxygen atoms in total. The number of aromatic nitrogens is 2. The minimum atomic E-state index is -0.172. The molecule has 0 spiro atoms. The number of hydrogen-bond acceptors (Lipinski definition) is 5. The molecule has 0 unspecified atom stereocenters. The van der Waals surface area contributed by atoms with E-state index in [2.05, 4.69) is 27.0 Å². The molecule has 1 fully saturated rings. The maximum absolute atomic E-state index is 14.3. The lowest BCUT2D eigenvalue weighted by atomic mass is 9.99. The first kappa shape index (κ1) is 27.4. The summed E-state index contributed by atoms with van der Waals surface area (Å²) in [6, 6.07) is 33.0. The second-order valence-corrected chi connectivity index (χ2v) is 10.6. The monoisotopic (exact) mass is 557 g/mol. The Kier molecular flexibility index (Phi) is 8.10. The van der Waals surface area contributed by atoms with Crippen molar-refractivity contribution in [3.05, 3.63) is 136 Å². The lowest BCUT2D eigenvalue weighted by Crippen LogP contribution is -2.47. The third-order valence-electron chi connectivity index (χ3n) is 8.06. The molecule has 3 heterocycles. The molecule has 1 amide bonds. The molecule has 0 aliphatic carbocycles. The molecular formula is C35H35N5O2. The van der Waals surface area contributed by atoms with Gasteiger partial charge in [-0.05, 0) is 42.3 Å². The van der Waals surface area contributed by atoms with Gasteiger partial charge in [-0.2, -0.15) is 0 Å². The van der Waals surface area contributed by atoms with Crippen LogP contribution >= 0.6 is 0 Å². The Balaban J connectivity index is 1.43. The number of carbonyl (C=O) groups is 1. The Morgan fingerprint density at radius 3 is 2.12 bits per heavy atom. The highest BCUT2D eigenvalue weighted by Crippen LogP contribution is 2.26. The van der Waals surface area contributed by atoms with E-state index in [0.717, 1.165) is 49.7 Å². The van der Waals surface area contributed by atoms with Crippen LogP contribution in [0.1, 0.15) is 41.0 Å². The second kappa shape index (κ2) is 12.4. The zero-order valence-corrected chi connectivity index (χ0v) is 23.8. The van der Waals surface area contributed by atoms with Crippen LogP contribution in [-0.4, -0.2) is 46.5 Å². The molecule has 1 saturated heterocycles. The van der Waals surface area contributed by atoms with Gasteiger partial charge in [0.25, 0.3) is 11.5 Å². The summed E-state index contributed by atoms with van der Waals surface area (Å²) in [6.45, 7) is 5.74. The lowest BCUT2D eigenvalue weighted by Gasteiger charge is -2.36. The summed E-state index contributed by atoms with van der Waals surface area (Å²) in [5.74, 6) is 0.796. The van der Waals surface area contributed by atoms with Gasteiger partial charge in [-0.25, -0.2) is 4.98 Å². The maximum Gasteiger partial charge on any atom is 0.263 e. The van der Waals surface area contributed by atoms with Crippen LogP contribution in [0.3, 0.4) is 0 Å². The Hall–Kier alpha value is -4.75. The Labute approximate surface area is 246 Å². The fourth-order valence-corrected chi connectivity index (χ4v) is 5.88. The minimum absolute atomic E-state index is 0.120. The van der Waals surface area contributed by atoms with Gasteiger partial charge >= 0.3 is 0 Å². The van der Waals surface area contributed by atoms with Crippen LogP contribution in [0.15, 0.2) is 114 Å². The zero-order valence-electron chi connectivity index (χ0n) is 23.8. The molecule has 7 heteroatoms. The highest BCUT2D eigenvalue weighted by molar-refractivity contribution is 6.08. The number of piperazine rings is 1. The smallest absolute Gasteiger partial charge is 0.263 e. The average Bonchev–Trinajstić information content (AvgIpc) is 3.05. The quantitative estimate of drug-likeness (QED) is 0.269. The molecule has 1 aliphatic heterocycles. The summed E-state index contributed by atoms with van der Waals surface area (Å²) >= 11 is 0. The summed E-state index contributed by atoms with van der Waals surface area (Å²) in [5.41, 5.74) is 2.94. The number of rotatable bonds is 8. The summed E-state index contributed by atoms with van der Waals surface area (Å²) < 4.78 is 1.74. The van der Waals surface area contributed by atoms with Crippen molar-refractivity contribution < 1.29 is 4.79 Å². The molecule has 0 radical (unpaired) electrons. The Bertz CT molecular complexity index is 1710. The van der Waals surface area contributed by atoms with E-state index in [0.29, 0.717) is 28.6 Å². The van der Waals surface area contributed by atoms with Crippen LogP contribution in [0, 0.1) is 0 Å². The van der Waals surface area contributed by atoms with Crippen LogP contribution < -0.4 is 15.8 Å². The number of fused-ring (bicyclic) bond motifs is 1. The molecule has 212 valence electrons. The van der Waals surface area contributed by atoms with Crippen molar-refractivity contribution in [3.63, 3.8) is 0 Å². The second-order valence-electron chi connectivity index (χ2n) is 10.6. The van der Waals surface area contributed by atoms with E-state index in [4.69, 9.17) is 0 Å². The highest BCUT2D eigenvalue weighted by Gasteiger charge is 2.27. The van der Waals surface area contributed by atoms with Crippen LogP contribution in [0.4, 0.5) is 5.82 Å². The van der Waals surface area contributed by atoms with Crippen molar-refractivity contribution >= 4 is 22.5 Å². The van der Waals surface area contributed by atoms with E-state index in [1.165, 1.54) is 0 Å². The van der Waals surface area contributed by atoms with Crippen molar-refractivity contribution in [1.82, 2.24) is 19.8 Å². The van der Waals surface area contributed by atoms with E-state index >= 15 is 0 Å². The summed E-state index contributed by atoms with van der Waals surface area (Å²) in [6.07, 6.45) is 2.57. The van der Waals surface area contributed by atoms with E-state index in [1.54, 1.807) is 4.57 Å². The summed E-state index contributed by atoms with van der Waals surface area (Å²) in [5, 5.41) is 4.51. The number of nitrogens with zero attached hydrogens (tertiary/aromatic N) is 4. The number of nitrogens with one attached hydrogen (secondary N) is 1. The van der Waals surface area contributed by atoms with Gasteiger partial charge < -0.3 is 10.2 Å². The van der Waals surface area contributed by atoms with Crippen LogP contribution in [-0.2, 0) is 6.54 Å². The molecule has 6 rings (SSSR count). The number of pyridine rings is 2. The maximum atomic E-state index is 14.3. The molecule has 42 heavy (non-hydrogen) atoms. The third kappa shape index (κ3) is 5.56. The Morgan fingerprint density at radius 1 is 0.810 bits per heavy atom. The predicted molar refractivity (Wildman–Crippen MR) is 168 cm³/mol. The van der Waals surface area contributed by atoms with Crippen molar-refractivity contribution in [1.29, 1.82) is 0 Å². The van der Waals surface area contributed by atoms with E-state index in [-0.39, 0.29) is 17.5 Å². The van der Waals surface area contributed by atoms with Gasteiger partial charge in [0.05, 0.1) is 17.3 Å². The van der Waals surface area contributed by atoms with Crippen molar-refractivity contribution in [3.8, 4) is 5.69 Å². The molecular weight excluding hydrogens is 522 g/mol. The van der Waals surface area contributed by atoms with E-state index in [9.17, 15) is 9.59 Å². The van der Waals surface area contributed by atoms with Crippen molar-refractivity contribution in [2.45, 2.75) is 25.9 Å². The van der Waals surface area contributed by atoms with Gasteiger partial charge in [0.2, 0.25) is 0 Å². The third-order valence-corrected chi connectivity index (χ3v) is 8.06. The Morgan fingerprint density at radius 2 is 1.45 bits per heavy atom. The largest absolute Gasteiger partial charge is 0.354 e. The van der Waals surface area contributed by atoms with Crippen LogP contribution in [0.25, 0.3) is 16.5 Å². The topological polar surface area (TPSA) is 70.5 Å². The average molecular weight is 558 g/mol. The van der Waals surface area contributed by atoms with Gasteiger partial charge in [0.15, 0.2) is 0 Å². The summed E-state index contributed by atoms with van der Waals surface area (Å²) in [4.78, 5) is 37.6. The van der Waals surface area contributed by atoms with Gasteiger partial charge in [-0.1, -0.05) is 79.7 Å². The molecule has 1 N–H and O–H groups in total. The van der Waals surface area contributed by atoms with Gasteiger partial charge in [-0.3, -0.25) is 19.1 Å². The van der Waals surface area contributed by atoms with E-state index < -0.39 is 0 Å². The number of carbonyl (C=O) groups excluding carboxylic acids is 1. The van der Waals surface area contributed by atoms with Gasteiger partial charge in [0.1, 0.15) is 5.82 Å². The SMILES string of the molecule is CC[C@H](NC(=O)c1c(CN2CCN(c3ccccn3)CC2)n(-c2ccccc2)c(=O)c2ccccc12)c1ccccc1. The number of hydrogen-bond donors (Lipinski definition) is 1. The van der Waals surface area contributed by atoms with Crippen molar-refractivity contribution in [2.24, 2.45) is 0 Å². The molecule has 0 bridgehead atoms. The first-order valence-electron chi connectivity index (χ1n) is 14.6. The normalized spacial score (nSPS) is 14.5. The molecule has 3 aromatic carbocycles. The van der Waals surface area contributed by atoms with Gasteiger partial charge in [-0.15, -0.1) is 0 Å². The number of benzene rings is 3. The molecule has 5 aromatic rings. The van der Waals surface area contributed by atoms with E-state index in [1.807, 2.05) is 109 Å². The molecule has 1 aliphatic rings. The number of anilines is 1. The highest BCUT2D eigenvalue weighted by atomic mass is 16.2. The van der Waals surface area contributed by atoms with Gasteiger partial charge in [0, 0.05) is 55.4 Å².